The highest BCUT2D eigenvalue weighted by Gasteiger charge is 2.37. The maximum atomic E-state index is 12.6. The van der Waals surface area contributed by atoms with E-state index in [1.54, 1.807) is 5.38 Å². The summed E-state index contributed by atoms with van der Waals surface area (Å²) in [7, 11) is 2.19. The zero-order chi connectivity index (χ0) is 16.7. The molecular weight excluding hydrogens is 320 g/mol. The van der Waals surface area contributed by atoms with Gasteiger partial charge < -0.3 is 10.2 Å². The number of hydrogen-bond donors (Lipinski definition) is 1. The average Bonchev–Trinajstić information content (AvgIpc) is 2.99. The molecule has 2 fully saturated rings. The fraction of sp³-hybridized carbons (Fsp3) is 0.474. The molecule has 3 heterocycles. The third-order valence-corrected chi connectivity index (χ3v) is 6.57. The lowest BCUT2D eigenvalue weighted by Gasteiger charge is -2.47. The van der Waals surface area contributed by atoms with Gasteiger partial charge in [0.1, 0.15) is 0 Å². The fourth-order valence-corrected chi connectivity index (χ4v) is 5.20. The number of rotatable bonds is 3. The van der Waals surface area contributed by atoms with E-state index < -0.39 is 11.7 Å². The van der Waals surface area contributed by atoms with Crippen molar-refractivity contribution in [3.05, 3.63) is 35.2 Å². The van der Waals surface area contributed by atoms with Gasteiger partial charge in [-0.3, -0.25) is 9.59 Å². The Hall–Kier alpha value is -1.72. The van der Waals surface area contributed by atoms with Crippen molar-refractivity contribution in [3.8, 4) is 0 Å². The molecule has 2 aliphatic rings. The van der Waals surface area contributed by atoms with E-state index in [-0.39, 0.29) is 6.04 Å². The van der Waals surface area contributed by atoms with Crippen molar-refractivity contribution in [2.24, 2.45) is 0 Å². The van der Waals surface area contributed by atoms with Crippen LogP contribution in [-0.4, -0.2) is 41.8 Å². The first kappa shape index (κ1) is 15.8. The van der Waals surface area contributed by atoms with Crippen LogP contribution in [-0.2, 0) is 4.79 Å². The van der Waals surface area contributed by atoms with E-state index in [1.165, 1.54) is 30.6 Å². The maximum absolute atomic E-state index is 12.6. The summed E-state index contributed by atoms with van der Waals surface area (Å²) < 4.78 is 1.04. The number of amides is 1. The maximum Gasteiger partial charge on any atom is 0.292 e. The van der Waals surface area contributed by atoms with E-state index in [9.17, 15) is 9.59 Å². The molecule has 1 amide bonds. The molecule has 2 atom stereocenters. The van der Waals surface area contributed by atoms with Crippen LogP contribution in [0.5, 0.6) is 0 Å². The van der Waals surface area contributed by atoms with Gasteiger partial charge in [0.15, 0.2) is 0 Å². The van der Waals surface area contributed by atoms with Gasteiger partial charge in [0, 0.05) is 39.2 Å². The Morgan fingerprint density at radius 3 is 2.62 bits per heavy atom. The van der Waals surface area contributed by atoms with Gasteiger partial charge in [0.05, 0.1) is 0 Å². The molecule has 5 heteroatoms. The van der Waals surface area contributed by atoms with Gasteiger partial charge in [-0.05, 0) is 38.8 Å². The minimum Gasteiger partial charge on any atom is -0.346 e. The lowest BCUT2D eigenvalue weighted by Crippen LogP contribution is -2.55. The normalized spacial score (nSPS) is 27.1. The average molecular weight is 342 g/mol. The van der Waals surface area contributed by atoms with Crippen LogP contribution in [0.3, 0.4) is 0 Å². The first-order valence-corrected chi connectivity index (χ1v) is 9.55. The van der Waals surface area contributed by atoms with Gasteiger partial charge in [-0.25, -0.2) is 0 Å². The van der Waals surface area contributed by atoms with Crippen molar-refractivity contribution < 1.29 is 9.59 Å². The molecule has 24 heavy (non-hydrogen) atoms. The molecule has 0 aliphatic carbocycles. The molecular formula is C19H22N2O2S. The fourth-order valence-electron chi connectivity index (χ4n) is 4.26. The van der Waals surface area contributed by atoms with Gasteiger partial charge in [-0.2, -0.15) is 0 Å². The second-order valence-electron chi connectivity index (χ2n) is 7.02. The predicted molar refractivity (Wildman–Crippen MR) is 96.5 cm³/mol. The SMILES string of the molecule is CN1C2CCCC1CC(NC(=O)C(=O)c1csc3ccccc13)C2. The lowest BCUT2D eigenvalue weighted by molar-refractivity contribution is -0.118. The number of nitrogens with zero attached hydrogens (tertiary/aromatic N) is 1. The first-order chi connectivity index (χ1) is 11.6. The van der Waals surface area contributed by atoms with Crippen LogP contribution in [0, 0.1) is 0 Å². The van der Waals surface area contributed by atoms with Crippen molar-refractivity contribution in [1.29, 1.82) is 0 Å². The highest BCUT2D eigenvalue weighted by molar-refractivity contribution is 7.17. The largest absolute Gasteiger partial charge is 0.346 e. The Balaban J connectivity index is 1.47. The third kappa shape index (κ3) is 2.76. The molecule has 2 aliphatic heterocycles. The molecule has 2 saturated heterocycles. The number of Topliss-reactive ketones (excluding diaryl/α,β-unsaturated/α-hetero) is 1. The van der Waals surface area contributed by atoms with E-state index >= 15 is 0 Å². The van der Waals surface area contributed by atoms with E-state index in [4.69, 9.17) is 0 Å². The van der Waals surface area contributed by atoms with Crippen molar-refractivity contribution in [2.75, 3.05) is 7.05 Å². The van der Waals surface area contributed by atoms with Gasteiger partial charge in [-0.1, -0.05) is 24.6 Å². The molecule has 0 radical (unpaired) electrons. The van der Waals surface area contributed by atoms with Crippen molar-refractivity contribution >= 4 is 33.1 Å². The molecule has 4 rings (SSSR count). The lowest BCUT2D eigenvalue weighted by atomic mass is 9.82. The topological polar surface area (TPSA) is 49.4 Å². The summed E-state index contributed by atoms with van der Waals surface area (Å²) in [5.74, 6) is -0.859. The van der Waals surface area contributed by atoms with Crippen molar-refractivity contribution in [3.63, 3.8) is 0 Å². The van der Waals surface area contributed by atoms with Crippen LogP contribution < -0.4 is 5.32 Å². The highest BCUT2D eigenvalue weighted by Crippen LogP contribution is 2.32. The summed E-state index contributed by atoms with van der Waals surface area (Å²) in [6, 6.07) is 8.95. The number of fused-ring (bicyclic) bond motifs is 3. The summed E-state index contributed by atoms with van der Waals surface area (Å²) in [6.07, 6.45) is 5.58. The zero-order valence-corrected chi connectivity index (χ0v) is 14.6. The van der Waals surface area contributed by atoms with Crippen LogP contribution in [0.15, 0.2) is 29.6 Å². The molecule has 2 aromatic rings. The Morgan fingerprint density at radius 2 is 1.88 bits per heavy atom. The van der Waals surface area contributed by atoms with E-state index in [0.717, 1.165) is 22.9 Å². The minimum atomic E-state index is -0.453. The van der Waals surface area contributed by atoms with E-state index in [0.29, 0.717) is 17.6 Å². The van der Waals surface area contributed by atoms with Crippen LogP contribution in [0.1, 0.15) is 42.5 Å². The Morgan fingerprint density at radius 1 is 1.17 bits per heavy atom. The number of carbonyl (C=O) groups excluding carboxylic acids is 2. The minimum absolute atomic E-state index is 0.123. The van der Waals surface area contributed by atoms with Crippen LogP contribution in [0.25, 0.3) is 10.1 Å². The Labute approximate surface area is 145 Å². The van der Waals surface area contributed by atoms with Crippen LogP contribution in [0.2, 0.25) is 0 Å². The summed E-state index contributed by atoms with van der Waals surface area (Å²) >= 11 is 1.51. The number of hydrogen-bond acceptors (Lipinski definition) is 4. The summed E-state index contributed by atoms with van der Waals surface area (Å²) in [5.41, 5.74) is 0.529. The summed E-state index contributed by atoms with van der Waals surface area (Å²) in [5, 5.41) is 5.69. The van der Waals surface area contributed by atoms with E-state index in [2.05, 4.69) is 17.3 Å². The zero-order valence-electron chi connectivity index (χ0n) is 13.8. The Bertz CT molecular complexity index is 771. The Kier molecular flexibility index (Phi) is 4.14. The third-order valence-electron chi connectivity index (χ3n) is 5.61. The monoisotopic (exact) mass is 342 g/mol. The predicted octanol–water partition coefficient (Wildman–Crippen LogP) is 3.22. The number of nitrogens with one attached hydrogen (secondary N) is 1. The molecule has 2 unspecified atom stereocenters. The smallest absolute Gasteiger partial charge is 0.292 e. The molecule has 1 N–H and O–H groups in total. The standard InChI is InChI=1S/C19H22N2O2S/c1-21-13-5-4-6-14(21)10-12(9-13)20-19(23)18(22)16-11-24-17-8-3-2-7-15(16)17/h2-3,7-8,11-14H,4-6,9-10H2,1H3,(H,20,23). The van der Waals surface area contributed by atoms with Gasteiger partial charge >= 0.3 is 0 Å². The molecule has 1 aromatic carbocycles. The summed E-state index contributed by atoms with van der Waals surface area (Å²) in [4.78, 5) is 27.5. The second kappa shape index (κ2) is 6.30. The molecule has 126 valence electrons. The quantitative estimate of drug-likeness (QED) is 0.688. The van der Waals surface area contributed by atoms with Crippen LogP contribution >= 0.6 is 11.3 Å². The molecule has 4 nitrogen and oxygen atoms in total. The number of benzene rings is 1. The summed E-state index contributed by atoms with van der Waals surface area (Å²) in [6.45, 7) is 0. The molecule has 1 aromatic heterocycles. The van der Waals surface area contributed by atoms with E-state index in [1.807, 2.05) is 24.3 Å². The van der Waals surface area contributed by atoms with Crippen molar-refractivity contribution in [2.45, 2.75) is 50.2 Å². The van der Waals surface area contributed by atoms with Gasteiger partial charge in [0.25, 0.3) is 11.7 Å². The number of carbonyl (C=O) groups is 2. The van der Waals surface area contributed by atoms with Gasteiger partial charge in [0.2, 0.25) is 0 Å². The second-order valence-corrected chi connectivity index (χ2v) is 7.93. The first-order valence-electron chi connectivity index (χ1n) is 8.67. The van der Waals surface area contributed by atoms with Crippen molar-refractivity contribution in [1.82, 2.24) is 10.2 Å². The highest BCUT2D eigenvalue weighted by atomic mass is 32.1. The molecule has 2 bridgehead atoms. The van der Waals surface area contributed by atoms with Crippen LogP contribution in [0.4, 0.5) is 0 Å². The number of thiophene rings is 1. The number of ketones is 1. The van der Waals surface area contributed by atoms with Gasteiger partial charge in [-0.15, -0.1) is 11.3 Å². The molecule has 0 spiro atoms. The number of piperidine rings is 2. The molecule has 0 saturated carbocycles.